The summed E-state index contributed by atoms with van der Waals surface area (Å²) in [4.78, 5) is 17.8. The molecule has 1 heterocycles. The van der Waals surface area contributed by atoms with Gasteiger partial charge in [0.2, 0.25) is 5.91 Å². The van der Waals surface area contributed by atoms with Crippen LogP contribution in [0.2, 0.25) is 0 Å². The minimum absolute atomic E-state index is 0.189. The van der Waals surface area contributed by atoms with Gasteiger partial charge in [-0.15, -0.1) is 0 Å². The Kier molecular flexibility index (Phi) is 7.00. The van der Waals surface area contributed by atoms with E-state index in [1.807, 2.05) is 7.05 Å². The molecule has 1 saturated heterocycles. The van der Waals surface area contributed by atoms with Crippen molar-refractivity contribution in [1.29, 1.82) is 0 Å². The first-order valence-electron chi connectivity index (χ1n) is 8.93. The molecule has 1 aliphatic heterocycles. The smallest absolute Gasteiger partial charge is 0.217 e. The van der Waals surface area contributed by atoms with Crippen LogP contribution in [0.15, 0.2) is 4.99 Å². The van der Waals surface area contributed by atoms with Crippen LogP contribution in [-0.4, -0.2) is 43.4 Å². The van der Waals surface area contributed by atoms with Crippen molar-refractivity contribution in [3.8, 4) is 0 Å². The molecule has 0 aromatic carbocycles. The third-order valence-electron chi connectivity index (χ3n) is 5.07. The molecule has 2 fully saturated rings. The molecule has 2 rings (SSSR count). The first kappa shape index (κ1) is 17.1. The maximum absolute atomic E-state index is 11.1. The first-order valence-corrected chi connectivity index (χ1v) is 8.93. The summed E-state index contributed by atoms with van der Waals surface area (Å²) in [5.74, 6) is 2.13. The van der Waals surface area contributed by atoms with E-state index in [9.17, 15) is 4.79 Å². The number of carbonyl (C=O) groups excluding carboxylic acids is 1. The summed E-state index contributed by atoms with van der Waals surface area (Å²) in [5, 5.41) is 3.50. The van der Waals surface area contributed by atoms with Gasteiger partial charge in [0.15, 0.2) is 5.96 Å². The van der Waals surface area contributed by atoms with Gasteiger partial charge in [0.25, 0.3) is 0 Å². The fourth-order valence-corrected chi connectivity index (χ4v) is 3.93. The van der Waals surface area contributed by atoms with E-state index in [1.165, 1.54) is 38.5 Å². The minimum atomic E-state index is -0.189. The monoisotopic (exact) mass is 308 g/mol. The summed E-state index contributed by atoms with van der Waals surface area (Å²) >= 11 is 0. The Bertz CT molecular complexity index is 377. The fraction of sp³-hybridized carbons (Fsp3) is 0.882. The SMILES string of the molecule is CN=C(NCCCC1CCCC1)N1CCCC(CC(N)=O)C1. The summed E-state index contributed by atoms with van der Waals surface area (Å²) < 4.78 is 0. The van der Waals surface area contributed by atoms with Gasteiger partial charge in [-0.2, -0.15) is 0 Å². The number of nitrogens with zero attached hydrogens (tertiary/aromatic N) is 2. The number of amides is 1. The summed E-state index contributed by atoms with van der Waals surface area (Å²) in [6, 6.07) is 0. The Labute approximate surface area is 134 Å². The number of likely N-dealkylation sites (tertiary alicyclic amines) is 1. The van der Waals surface area contributed by atoms with Gasteiger partial charge in [-0.1, -0.05) is 25.7 Å². The first-order chi connectivity index (χ1) is 10.7. The van der Waals surface area contributed by atoms with Crippen molar-refractivity contribution >= 4 is 11.9 Å². The second kappa shape index (κ2) is 9.01. The third-order valence-corrected chi connectivity index (χ3v) is 5.07. The number of rotatable bonds is 6. The molecular weight excluding hydrogens is 276 g/mol. The van der Waals surface area contributed by atoms with Crippen LogP contribution >= 0.6 is 0 Å². The number of primary amides is 1. The zero-order valence-corrected chi connectivity index (χ0v) is 14.0. The van der Waals surface area contributed by atoms with Gasteiger partial charge in [0.05, 0.1) is 0 Å². The highest BCUT2D eigenvalue weighted by atomic mass is 16.1. The van der Waals surface area contributed by atoms with Gasteiger partial charge in [-0.25, -0.2) is 0 Å². The summed E-state index contributed by atoms with van der Waals surface area (Å²) in [6.45, 7) is 2.92. The van der Waals surface area contributed by atoms with E-state index in [0.29, 0.717) is 12.3 Å². The number of nitrogens with two attached hydrogens (primary N) is 1. The van der Waals surface area contributed by atoms with Gasteiger partial charge in [0.1, 0.15) is 0 Å². The zero-order valence-electron chi connectivity index (χ0n) is 14.0. The van der Waals surface area contributed by atoms with E-state index in [-0.39, 0.29) is 5.91 Å². The topological polar surface area (TPSA) is 70.7 Å². The third kappa shape index (κ3) is 5.50. The molecule has 0 aromatic rings. The van der Waals surface area contributed by atoms with Crippen molar-refractivity contribution < 1.29 is 4.79 Å². The normalized spacial score (nSPS) is 23.8. The molecule has 5 heteroatoms. The summed E-state index contributed by atoms with van der Waals surface area (Å²) in [7, 11) is 1.84. The molecule has 1 atom stereocenters. The average molecular weight is 308 g/mol. The zero-order chi connectivity index (χ0) is 15.8. The molecule has 22 heavy (non-hydrogen) atoms. The van der Waals surface area contributed by atoms with E-state index in [1.54, 1.807) is 0 Å². The van der Waals surface area contributed by atoms with Crippen LogP contribution < -0.4 is 11.1 Å². The Morgan fingerprint density at radius 2 is 1.95 bits per heavy atom. The number of guanidine groups is 1. The summed E-state index contributed by atoms with van der Waals surface area (Å²) in [5.41, 5.74) is 5.33. The van der Waals surface area contributed by atoms with Crippen LogP contribution in [0.25, 0.3) is 0 Å². The molecule has 0 spiro atoms. The molecule has 1 aliphatic carbocycles. The maximum Gasteiger partial charge on any atom is 0.217 e. The second-order valence-corrected chi connectivity index (χ2v) is 6.89. The van der Waals surface area contributed by atoms with Crippen molar-refractivity contribution in [1.82, 2.24) is 10.2 Å². The molecule has 5 nitrogen and oxygen atoms in total. The van der Waals surface area contributed by atoms with Crippen molar-refractivity contribution in [2.75, 3.05) is 26.7 Å². The predicted molar refractivity (Wildman–Crippen MR) is 90.7 cm³/mol. The van der Waals surface area contributed by atoms with Crippen LogP contribution in [-0.2, 0) is 4.79 Å². The number of aliphatic imine (C=N–C) groups is 1. The highest BCUT2D eigenvalue weighted by Crippen LogP contribution is 2.28. The van der Waals surface area contributed by atoms with Crippen molar-refractivity contribution in [3.05, 3.63) is 0 Å². The van der Waals surface area contributed by atoms with Crippen molar-refractivity contribution in [2.24, 2.45) is 22.6 Å². The lowest BCUT2D eigenvalue weighted by atomic mass is 9.95. The van der Waals surface area contributed by atoms with Gasteiger partial charge < -0.3 is 16.0 Å². The van der Waals surface area contributed by atoms with Crippen LogP contribution in [0.4, 0.5) is 0 Å². The van der Waals surface area contributed by atoms with Crippen LogP contribution in [0.5, 0.6) is 0 Å². The van der Waals surface area contributed by atoms with Crippen molar-refractivity contribution in [2.45, 2.75) is 57.8 Å². The van der Waals surface area contributed by atoms with Crippen molar-refractivity contribution in [3.63, 3.8) is 0 Å². The van der Waals surface area contributed by atoms with Crippen LogP contribution in [0.1, 0.15) is 57.8 Å². The van der Waals surface area contributed by atoms with Crippen LogP contribution in [0, 0.1) is 11.8 Å². The Balaban J connectivity index is 1.69. The molecule has 0 bridgehead atoms. The molecule has 126 valence electrons. The standard InChI is InChI=1S/C17H32N4O/c1-19-17(20-10-4-8-14-6-2-3-7-14)21-11-5-9-15(13-21)12-16(18)22/h14-15H,2-13H2,1H3,(H2,18,22)(H,19,20). The largest absolute Gasteiger partial charge is 0.370 e. The van der Waals surface area contributed by atoms with E-state index in [4.69, 9.17) is 5.73 Å². The average Bonchev–Trinajstić information content (AvgIpc) is 3.00. The van der Waals surface area contributed by atoms with E-state index >= 15 is 0 Å². The molecular formula is C17H32N4O. The molecule has 2 aliphatic rings. The van der Waals surface area contributed by atoms with Gasteiger partial charge in [-0.3, -0.25) is 9.79 Å². The van der Waals surface area contributed by atoms with E-state index in [0.717, 1.165) is 44.4 Å². The maximum atomic E-state index is 11.1. The quantitative estimate of drug-likeness (QED) is 0.448. The Morgan fingerprint density at radius 1 is 1.23 bits per heavy atom. The molecule has 3 N–H and O–H groups in total. The number of hydrogen-bond acceptors (Lipinski definition) is 2. The Morgan fingerprint density at radius 3 is 2.64 bits per heavy atom. The van der Waals surface area contributed by atoms with Gasteiger partial charge >= 0.3 is 0 Å². The lowest BCUT2D eigenvalue weighted by molar-refractivity contribution is -0.119. The molecule has 0 aromatic heterocycles. The Hall–Kier alpha value is -1.26. The number of carbonyl (C=O) groups is 1. The minimum Gasteiger partial charge on any atom is -0.370 e. The molecule has 0 radical (unpaired) electrons. The predicted octanol–water partition coefficient (Wildman–Crippen LogP) is 2.12. The van der Waals surface area contributed by atoms with Gasteiger partial charge in [-0.05, 0) is 37.5 Å². The molecule has 1 saturated carbocycles. The van der Waals surface area contributed by atoms with Crippen LogP contribution in [0.3, 0.4) is 0 Å². The highest BCUT2D eigenvalue weighted by molar-refractivity contribution is 5.80. The second-order valence-electron chi connectivity index (χ2n) is 6.89. The van der Waals surface area contributed by atoms with Gasteiger partial charge in [0, 0.05) is 33.1 Å². The number of hydrogen-bond donors (Lipinski definition) is 2. The lowest BCUT2D eigenvalue weighted by Crippen LogP contribution is -2.47. The van der Waals surface area contributed by atoms with E-state index in [2.05, 4.69) is 15.2 Å². The fourth-order valence-electron chi connectivity index (χ4n) is 3.93. The number of nitrogens with one attached hydrogen (secondary N) is 1. The highest BCUT2D eigenvalue weighted by Gasteiger charge is 2.23. The number of piperidine rings is 1. The lowest BCUT2D eigenvalue weighted by Gasteiger charge is -2.34. The summed E-state index contributed by atoms with van der Waals surface area (Å²) in [6.07, 6.45) is 11.0. The molecule has 1 amide bonds. The van der Waals surface area contributed by atoms with E-state index < -0.39 is 0 Å². The molecule has 1 unspecified atom stereocenters.